The minimum Gasteiger partial charge on any atom is -0.379 e. The molecule has 9 heteroatoms. The first-order valence-electron chi connectivity index (χ1n) is 7.83. The van der Waals surface area contributed by atoms with Gasteiger partial charge in [0.2, 0.25) is 0 Å². The monoisotopic (exact) mass is 400 g/mol. The minimum absolute atomic E-state index is 0.0889. The number of nitrogens with zero attached hydrogens (tertiary/aromatic N) is 1. The zero-order valence-electron chi connectivity index (χ0n) is 14.2. The molecule has 0 saturated heterocycles. The molecule has 0 aromatic heterocycles. The molecule has 2 rings (SSSR count). The predicted octanol–water partition coefficient (Wildman–Crippen LogP) is 3.70. The van der Waals surface area contributed by atoms with Crippen molar-refractivity contribution >= 4 is 17.7 Å². The molecule has 0 radical (unpaired) electrons. The number of aliphatic hydroxyl groups is 1. The number of alkyl halides is 3. The zero-order valence-corrected chi connectivity index (χ0v) is 15.0. The van der Waals surface area contributed by atoms with E-state index in [1.165, 1.54) is 37.3 Å². The summed E-state index contributed by atoms with van der Waals surface area (Å²) < 4.78 is 51.9. The second-order valence-electron chi connectivity index (χ2n) is 6.14. The summed E-state index contributed by atoms with van der Waals surface area (Å²) in [5.41, 5.74) is -3.04. The molecular formula is C18H16F4N2O2S. The van der Waals surface area contributed by atoms with E-state index in [-0.39, 0.29) is 17.9 Å². The molecule has 1 aromatic carbocycles. The van der Waals surface area contributed by atoms with E-state index in [1.807, 2.05) is 0 Å². The van der Waals surface area contributed by atoms with E-state index in [2.05, 4.69) is 5.32 Å². The lowest BCUT2D eigenvalue weighted by Gasteiger charge is -2.25. The Morgan fingerprint density at radius 2 is 2.00 bits per heavy atom. The Bertz CT molecular complexity index is 808. The Morgan fingerprint density at radius 1 is 1.37 bits per heavy atom. The van der Waals surface area contributed by atoms with E-state index in [4.69, 9.17) is 5.26 Å². The number of amides is 1. The zero-order chi connectivity index (χ0) is 20.2. The Balaban J connectivity index is 2.04. The summed E-state index contributed by atoms with van der Waals surface area (Å²) in [7, 11) is 0. The van der Waals surface area contributed by atoms with Crippen molar-refractivity contribution in [2.75, 3.05) is 5.75 Å². The Labute approximate surface area is 157 Å². The van der Waals surface area contributed by atoms with Gasteiger partial charge in [0.15, 0.2) is 0 Å². The second-order valence-corrected chi connectivity index (χ2v) is 7.19. The van der Waals surface area contributed by atoms with Crippen molar-refractivity contribution in [2.45, 2.75) is 30.0 Å². The first-order chi connectivity index (χ1) is 12.5. The van der Waals surface area contributed by atoms with Crippen molar-refractivity contribution in [3.63, 3.8) is 0 Å². The smallest absolute Gasteiger partial charge is 0.379 e. The van der Waals surface area contributed by atoms with Gasteiger partial charge < -0.3 is 10.4 Å². The van der Waals surface area contributed by atoms with Gasteiger partial charge in [-0.2, -0.15) is 18.4 Å². The molecule has 1 aliphatic carbocycles. The Hall–Kier alpha value is -2.31. The summed E-state index contributed by atoms with van der Waals surface area (Å²) >= 11 is 1.10. The highest BCUT2D eigenvalue weighted by Gasteiger charge is 2.40. The third-order valence-electron chi connectivity index (χ3n) is 3.82. The van der Waals surface area contributed by atoms with Crippen LogP contribution < -0.4 is 5.32 Å². The van der Waals surface area contributed by atoms with Gasteiger partial charge in [-0.15, -0.1) is 11.8 Å². The second kappa shape index (κ2) is 8.15. The topological polar surface area (TPSA) is 73.1 Å². The number of halogens is 4. The van der Waals surface area contributed by atoms with Crippen LogP contribution in [0.15, 0.2) is 52.6 Å². The highest BCUT2D eigenvalue weighted by atomic mass is 32.2. The van der Waals surface area contributed by atoms with Crippen LogP contribution in [0.2, 0.25) is 0 Å². The summed E-state index contributed by atoms with van der Waals surface area (Å²) in [6.07, 6.45) is -2.86. The van der Waals surface area contributed by atoms with Crippen molar-refractivity contribution < 1.29 is 27.5 Å². The maximum Gasteiger partial charge on any atom is 0.414 e. The van der Waals surface area contributed by atoms with Crippen molar-refractivity contribution in [3.05, 3.63) is 53.5 Å². The molecule has 2 atom stereocenters. The number of allylic oxidation sites excluding steroid dienone is 3. The van der Waals surface area contributed by atoms with Crippen LogP contribution in [0.3, 0.4) is 0 Å². The van der Waals surface area contributed by atoms with E-state index in [1.54, 1.807) is 6.07 Å². The van der Waals surface area contributed by atoms with E-state index < -0.39 is 35.0 Å². The molecule has 0 saturated carbocycles. The van der Waals surface area contributed by atoms with Gasteiger partial charge in [-0.1, -0.05) is 6.08 Å². The molecule has 27 heavy (non-hydrogen) atoms. The molecule has 0 fully saturated rings. The maximum atomic E-state index is 13.0. The molecule has 144 valence electrons. The number of carbonyl (C=O) groups is 1. The molecule has 2 N–H and O–H groups in total. The lowest BCUT2D eigenvalue weighted by molar-refractivity contribution is -0.135. The quantitative estimate of drug-likeness (QED) is 0.584. The van der Waals surface area contributed by atoms with Crippen LogP contribution in [0, 0.1) is 23.1 Å². The van der Waals surface area contributed by atoms with Crippen LogP contribution in [-0.4, -0.2) is 28.5 Å². The maximum absolute atomic E-state index is 13.0. The molecule has 0 heterocycles. The summed E-state index contributed by atoms with van der Waals surface area (Å²) in [5, 5.41) is 21.4. The van der Waals surface area contributed by atoms with E-state index in [9.17, 15) is 27.5 Å². The minimum atomic E-state index is -4.69. The highest BCUT2D eigenvalue weighted by molar-refractivity contribution is 7.99. The van der Waals surface area contributed by atoms with Gasteiger partial charge in [-0.3, -0.25) is 4.79 Å². The summed E-state index contributed by atoms with van der Waals surface area (Å²) in [6, 6.07) is 7.02. The van der Waals surface area contributed by atoms with Crippen LogP contribution in [0.5, 0.6) is 0 Å². The van der Waals surface area contributed by atoms with Crippen molar-refractivity contribution in [2.24, 2.45) is 5.92 Å². The summed E-state index contributed by atoms with van der Waals surface area (Å²) in [4.78, 5) is 12.9. The van der Waals surface area contributed by atoms with E-state index in [0.717, 1.165) is 11.8 Å². The van der Waals surface area contributed by atoms with Gasteiger partial charge in [-0.05, 0) is 43.7 Å². The highest BCUT2D eigenvalue weighted by Crippen LogP contribution is 2.36. The fourth-order valence-electron chi connectivity index (χ4n) is 2.27. The molecule has 4 nitrogen and oxygen atoms in total. The molecule has 1 aromatic rings. The van der Waals surface area contributed by atoms with Crippen LogP contribution in [0.4, 0.5) is 17.6 Å². The van der Waals surface area contributed by atoms with Crippen LogP contribution in [0.1, 0.15) is 13.3 Å². The van der Waals surface area contributed by atoms with E-state index >= 15 is 0 Å². The first kappa shape index (κ1) is 21.0. The fourth-order valence-corrected chi connectivity index (χ4v) is 3.18. The molecular weight excluding hydrogens is 384 g/mol. The largest absolute Gasteiger partial charge is 0.414 e. The molecule has 2 unspecified atom stereocenters. The van der Waals surface area contributed by atoms with Crippen molar-refractivity contribution in [3.8, 4) is 6.07 Å². The molecule has 0 aliphatic heterocycles. The molecule has 0 spiro atoms. The van der Waals surface area contributed by atoms with Gasteiger partial charge in [0.25, 0.3) is 5.91 Å². The number of nitriles is 1. The molecule has 0 bridgehead atoms. The SMILES string of the molecule is CC(O)(CSc1ccc(F)cc1)C(=O)NC1=CCC(C#N)C(C(F)(F)F)=C1. The lowest BCUT2D eigenvalue weighted by atomic mass is 9.91. The fraction of sp³-hybridized carbons (Fsp3) is 0.333. The summed E-state index contributed by atoms with van der Waals surface area (Å²) in [6.45, 7) is 1.23. The Kier molecular flexibility index (Phi) is 6.34. The number of hydrogen-bond acceptors (Lipinski definition) is 4. The van der Waals surface area contributed by atoms with Gasteiger partial charge >= 0.3 is 6.18 Å². The first-order valence-corrected chi connectivity index (χ1v) is 8.82. The number of rotatable bonds is 5. The van der Waals surface area contributed by atoms with Crippen molar-refractivity contribution in [1.82, 2.24) is 5.32 Å². The normalized spacial score (nSPS) is 19.4. The standard InChI is InChI=1S/C18H16F4N2O2S/c1-17(26,10-27-14-6-3-12(19)4-7-14)16(25)24-13-5-2-11(9-23)15(8-13)18(20,21)22/h3-8,11,26H,2,10H2,1H3,(H,24,25). The number of benzene rings is 1. The number of nitrogens with one attached hydrogen (secondary N) is 1. The number of carbonyl (C=O) groups excluding carboxylic acids is 1. The number of thioether (sulfide) groups is 1. The Morgan fingerprint density at radius 3 is 2.56 bits per heavy atom. The average molecular weight is 400 g/mol. The van der Waals surface area contributed by atoms with E-state index in [0.29, 0.717) is 11.0 Å². The van der Waals surface area contributed by atoms with Gasteiger partial charge in [0, 0.05) is 16.3 Å². The average Bonchev–Trinajstić information content (AvgIpc) is 2.60. The van der Waals surface area contributed by atoms with Gasteiger partial charge in [0.05, 0.1) is 17.6 Å². The summed E-state index contributed by atoms with van der Waals surface area (Å²) in [5.74, 6) is -2.72. The van der Waals surface area contributed by atoms with Crippen LogP contribution in [0.25, 0.3) is 0 Å². The molecule has 1 amide bonds. The lowest BCUT2D eigenvalue weighted by Crippen LogP contribution is -2.46. The number of hydrogen-bond donors (Lipinski definition) is 2. The van der Waals surface area contributed by atoms with Crippen LogP contribution >= 0.6 is 11.8 Å². The third-order valence-corrected chi connectivity index (χ3v) is 5.14. The van der Waals surface area contributed by atoms with Crippen molar-refractivity contribution in [1.29, 1.82) is 5.26 Å². The van der Waals surface area contributed by atoms with Gasteiger partial charge in [0.1, 0.15) is 11.4 Å². The predicted molar refractivity (Wildman–Crippen MR) is 91.8 cm³/mol. The van der Waals surface area contributed by atoms with Gasteiger partial charge in [-0.25, -0.2) is 4.39 Å². The third kappa shape index (κ3) is 5.58. The van der Waals surface area contributed by atoms with Crippen LogP contribution in [-0.2, 0) is 4.79 Å². The molecule has 1 aliphatic rings.